The molecule has 0 amide bonds. The molecule has 0 spiro atoms. The minimum atomic E-state index is -1.12. The highest BCUT2D eigenvalue weighted by Crippen LogP contribution is 2.35. The molecule has 0 aliphatic rings. The summed E-state index contributed by atoms with van der Waals surface area (Å²) in [5.41, 5.74) is -0.744. The molecule has 1 aromatic rings. The van der Waals surface area contributed by atoms with E-state index in [0.29, 0.717) is 0 Å². The number of methoxy groups -OCH3 is 2. The molecule has 0 atom stereocenters. The monoisotopic (exact) mass is 390 g/mol. The highest BCUT2D eigenvalue weighted by Gasteiger charge is 2.24. The normalized spacial score (nSPS) is 10.9. The molecule has 0 fully saturated rings. The second-order valence-electron chi connectivity index (χ2n) is 4.17. The van der Waals surface area contributed by atoms with Crippen molar-refractivity contribution in [3.63, 3.8) is 0 Å². The van der Waals surface area contributed by atoms with Crippen LogP contribution in [0.15, 0.2) is 22.3 Å². The summed E-state index contributed by atoms with van der Waals surface area (Å²) < 4.78 is 22.7. The van der Waals surface area contributed by atoms with Gasteiger partial charge in [0.15, 0.2) is 0 Å². The van der Waals surface area contributed by atoms with E-state index in [2.05, 4.69) is 30.7 Å². The SMILES string of the molecule is COC(=O)/C=C(/Nc1c(C)cc([N+](=O)[O-])c(F)c1Br)C(=O)OC. The second kappa shape index (κ2) is 7.68. The average molecular weight is 391 g/mol. The van der Waals surface area contributed by atoms with Crippen LogP contribution in [0.25, 0.3) is 0 Å². The molecule has 1 N–H and O–H groups in total. The van der Waals surface area contributed by atoms with Gasteiger partial charge in [-0.25, -0.2) is 9.59 Å². The van der Waals surface area contributed by atoms with Crippen LogP contribution in [0.4, 0.5) is 15.8 Å². The van der Waals surface area contributed by atoms with E-state index in [0.717, 1.165) is 26.4 Å². The Kier molecular flexibility index (Phi) is 6.19. The van der Waals surface area contributed by atoms with Gasteiger partial charge in [0.25, 0.3) is 0 Å². The molecule has 0 bridgehead atoms. The molecule has 124 valence electrons. The van der Waals surface area contributed by atoms with Crippen LogP contribution >= 0.6 is 15.9 Å². The molecule has 10 heteroatoms. The van der Waals surface area contributed by atoms with E-state index >= 15 is 0 Å². The zero-order valence-electron chi connectivity index (χ0n) is 12.3. The first-order valence-electron chi connectivity index (χ1n) is 6.00. The number of carbonyl (C=O) groups is 2. The van der Waals surface area contributed by atoms with Crippen molar-refractivity contribution in [1.29, 1.82) is 0 Å². The number of nitro benzene ring substituents is 1. The van der Waals surface area contributed by atoms with Gasteiger partial charge in [-0.1, -0.05) is 0 Å². The van der Waals surface area contributed by atoms with E-state index in [1.807, 2.05) is 0 Å². The Hall–Kier alpha value is -2.49. The number of aryl methyl sites for hydroxylation is 1. The lowest BCUT2D eigenvalue weighted by molar-refractivity contribution is -0.387. The molecule has 0 heterocycles. The van der Waals surface area contributed by atoms with Gasteiger partial charge in [-0.2, -0.15) is 4.39 Å². The minimum absolute atomic E-state index is 0.0358. The smallest absolute Gasteiger partial charge is 0.354 e. The quantitative estimate of drug-likeness (QED) is 0.356. The lowest BCUT2D eigenvalue weighted by atomic mass is 10.1. The van der Waals surface area contributed by atoms with Gasteiger partial charge >= 0.3 is 17.6 Å². The Morgan fingerprint density at radius 2 is 2.00 bits per heavy atom. The molecule has 0 aliphatic carbocycles. The maximum absolute atomic E-state index is 14.0. The zero-order valence-corrected chi connectivity index (χ0v) is 13.9. The molecule has 0 aliphatic heterocycles. The first kappa shape index (κ1) is 18.6. The van der Waals surface area contributed by atoms with Crippen LogP contribution in [0.3, 0.4) is 0 Å². The first-order chi connectivity index (χ1) is 10.7. The van der Waals surface area contributed by atoms with Crippen LogP contribution in [0.5, 0.6) is 0 Å². The molecular formula is C13H12BrFN2O6. The molecule has 23 heavy (non-hydrogen) atoms. The summed E-state index contributed by atoms with van der Waals surface area (Å²) in [5, 5.41) is 13.3. The molecule has 0 saturated heterocycles. The number of carbonyl (C=O) groups excluding carboxylic acids is 2. The fraction of sp³-hybridized carbons (Fsp3) is 0.231. The molecule has 1 aromatic carbocycles. The lowest BCUT2D eigenvalue weighted by Crippen LogP contribution is -2.16. The highest BCUT2D eigenvalue weighted by molar-refractivity contribution is 9.10. The number of nitrogens with zero attached hydrogens (tertiary/aromatic N) is 1. The van der Waals surface area contributed by atoms with Gasteiger partial charge in [0, 0.05) is 6.07 Å². The van der Waals surface area contributed by atoms with E-state index in [4.69, 9.17) is 0 Å². The van der Waals surface area contributed by atoms with E-state index in [-0.39, 0.29) is 21.4 Å². The maximum atomic E-state index is 14.0. The van der Waals surface area contributed by atoms with E-state index < -0.39 is 28.4 Å². The van der Waals surface area contributed by atoms with Gasteiger partial charge in [0.05, 0.1) is 35.4 Å². The number of rotatable bonds is 5. The highest BCUT2D eigenvalue weighted by atomic mass is 79.9. The summed E-state index contributed by atoms with van der Waals surface area (Å²) in [6.45, 7) is 1.46. The van der Waals surface area contributed by atoms with E-state index in [1.165, 1.54) is 6.92 Å². The van der Waals surface area contributed by atoms with Gasteiger partial charge in [-0.15, -0.1) is 0 Å². The van der Waals surface area contributed by atoms with Crippen molar-refractivity contribution in [2.75, 3.05) is 19.5 Å². The van der Waals surface area contributed by atoms with Gasteiger partial charge in [0.1, 0.15) is 5.70 Å². The Morgan fingerprint density at radius 3 is 2.48 bits per heavy atom. The van der Waals surface area contributed by atoms with Crippen LogP contribution in [-0.4, -0.2) is 31.1 Å². The third-order valence-corrected chi connectivity index (χ3v) is 3.45. The van der Waals surface area contributed by atoms with Gasteiger partial charge in [-0.05, 0) is 28.4 Å². The van der Waals surface area contributed by atoms with Crippen LogP contribution < -0.4 is 5.32 Å². The zero-order chi connectivity index (χ0) is 17.7. The minimum Gasteiger partial charge on any atom is -0.466 e. The van der Waals surface area contributed by atoms with Crippen LogP contribution in [0, 0.1) is 22.9 Å². The standard InChI is InChI=1S/C13H12BrFN2O6/c1-6-4-8(17(20)21)11(15)10(14)12(6)16-7(13(19)23-3)5-9(18)22-2/h4-5,16H,1-3H3/b7-5+. The van der Waals surface area contributed by atoms with Crippen molar-refractivity contribution in [2.45, 2.75) is 6.92 Å². The molecule has 0 aromatic heterocycles. The third kappa shape index (κ3) is 4.25. The van der Waals surface area contributed by atoms with Crippen LogP contribution in [-0.2, 0) is 19.1 Å². The van der Waals surface area contributed by atoms with Crippen molar-refractivity contribution >= 4 is 39.2 Å². The van der Waals surface area contributed by atoms with Gasteiger partial charge in [-0.3, -0.25) is 10.1 Å². The number of nitrogens with one attached hydrogen (secondary N) is 1. The maximum Gasteiger partial charge on any atom is 0.354 e. The summed E-state index contributed by atoms with van der Waals surface area (Å²) in [7, 11) is 2.20. The fourth-order valence-corrected chi connectivity index (χ4v) is 2.20. The average Bonchev–Trinajstić information content (AvgIpc) is 2.52. The number of hydrogen-bond donors (Lipinski definition) is 1. The number of benzene rings is 1. The van der Waals surface area contributed by atoms with Crippen LogP contribution in [0.2, 0.25) is 0 Å². The van der Waals surface area contributed by atoms with Crippen molar-refractivity contribution in [3.05, 3.63) is 43.8 Å². The van der Waals surface area contributed by atoms with Gasteiger partial charge < -0.3 is 14.8 Å². The topological polar surface area (TPSA) is 108 Å². The van der Waals surface area contributed by atoms with Crippen LogP contribution in [0.1, 0.15) is 5.56 Å². The first-order valence-corrected chi connectivity index (χ1v) is 6.80. The Labute approximate surface area is 138 Å². The van der Waals surface area contributed by atoms with E-state index in [9.17, 15) is 24.1 Å². The Bertz CT molecular complexity index is 704. The molecule has 1 rings (SSSR count). The molecule has 0 unspecified atom stereocenters. The van der Waals surface area contributed by atoms with Crippen molar-refractivity contribution in [1.82, 2.24) is 0 Å². The van der Waals surface area contributed by atoms with Crippen molar-refractivity contribution < 1.29 is 28.4 Å². The number of anilines is 1. The van der Waals surface area contributed by atoms with E-state index in [1.54, 1.807) is 0 Å². The predicted octanol–water partition coefficient (Wildman–Crippen LogP) is 2.45. The van der Waals surface area contributed by atoms with Crippen molar-refractivity contribution in [3.8, 4) is 0 Å². The van der Waals surface area contributed by atoms with Gasteiger partial charge in [0.2, 0.25) is 5.82 Å². The number of nitro groups is 1. The molecule has 0 radical (unpaired) electrons. The number of hydrogen-bond acceptors (Lipinski definition) is 7. The third-order valence-electron chi connectivity index (χ3n) is 2.71. The molecule has 0 saturated carbocycles. The summed E-state index contributed by atoms with van der Waals surface area (Å²) in [6.07, 6.45) is 0.816. The largest absolute Gasteiger partial charge is 0.466 e. The Morgan fingerprint density at radius 1 is 1.39 bits per heavy atom. The lowest BCUT2D eigenvalue weighted by Gasteiger charge is -2.14. The molecular weight excluding hydrogens is 379 g/mol. The predicted molar refractivity (Wildman–Crippen MR) is 81.2 cm³/mol. The Balaban J connectivity index is 3.38. The number of ether oxygens (including phenoxy) is 2. The summed E-state index contributed by atoms with van der Waals surface area (Å²) in [6, 6.07) is 0.996. The molecule has 8 nitrogen and oxygen atoms in total. The summed E-state index contributed by atoms with van der Waals surface area (Å²) >= 11 is 2.90. The fourth-order valence-electron chi connectivity index (χ4n) is 1.59. The summed E-state index contributed by atoms with van der Waals surface area (Å²) in [5.74, 6) is -2.86. The number of halogens is 2. The second-order valence-corrected chi connectivity index (χ2v) is 4.96. The van der Waals surface area contributed by atoms with Crippen molar-refractivity contribution in [2.24, 2.45) is 0 Å². The summed E-state index contributed by atoms with van der Waals surface area (Å²) in [4.78, 5) is 32.9. The number of esters is 2.